The molecule has 0 saturated carbocycles. The van der Waals surface area contributed by atoms with Gasteiger partial charge >= 0.3 is 5.97 Å². The third-order valence-electron chi connectivity index (χ3n) is 4.90. The van der Waals surface area contributed by atoms with E-state index in [9.17, 15) is 18.3 Å². The number of carboxylic acid groups (broad SMARTS) is 1. The second-order valence-corrected chi connectivity index (χ2v) is 8.27. The summed E-state index contributed by atoms with van der Waals surface area (Å²) in [4.78, 5) is 11.6. The molecule has 2 N–H and O–H groups in total. The van der Waals surface area contributed by atoms with E-state index in [2.05, 4.69) is 4.72 Å². The molecule has 1 unspecified atom stereocenters. The first kappa shape index (κ1) is 16.8. The lowest BCUT2D eigenvalue weighted by Crippen LogP contribution is -2.21. The summed E-state index contributed by atoms with van der Waals surface area (Å²) in [7, 11) is -3.59. The van der Waals surface area contributed by atoms with Crippen molar-refractivity contribution in [3.8, 4) is 0 Å². The number of nitrogens with zero attached hydrogens (tertiary/aromatic N) is 1. The van der Waals surface area contributed by atoms with Crippen molar-refractivity contribution in [3.05, 3.63) is 64.8 Å². The maximum absolute atomic E-state index is 12.5. The molecule has 134 valence electrons. The number of hydrogen-bond donors (Lipinski definition) is 2. The summed E-state index contributed by atoms with van der Waals surface area (Å²) in [5.41, 5.74) is 4.05. The van der Waals surface area contributed by atoms with Gasteiger partial charge in [-0.3, -0.25) is 4.79 Å². The quantitative estimate of drug-likeness (QED) is 0.742. The van der Waals surface area contributed by atoms with Gasteiger partial charge in [0.15, 0.2) is 0 Å². The first-order valence-corrected chi connectivity index (χ1v) is 9.70. The SMILES string of the molecule is Cc1ccc2c(c1)c(C1NS(=O)(=O)c3ccccc31)c(C)n2CC(=O)O. The summed E-state index contributed by atoms with van der Waals surface area (Å²) in [6.45, 7) is 3.62. The highest BCUT2D eigenvalue weighted by Gasteiger charge is 2.37. The maximum Gasteiger partial charge on any atom is 0.323 e. The summed E-state index contributed by atoms with van der Waals surface area (Å²) in [5, 5.41) is 10.2. The molecule has 2 heterocycles. The minimum absolute atomic E-state index is 0.174. The van der Waals surface area contributed by atoms with Gasteiger partial charge in [0.1, 0.15) is 6.54 Å². The molecule has 0 amide bonds. The predicted octanol–water partition coefficient (Wildman–Crippen LogP) is 2.72. The van der Waals surface area contributed by atoms with Gasteiger partial charge in [0.25, 0.3) is 0 Å². The van der Waals surface area contributed by atoms with Gasteiger partial charge in [0.05, 0.1) is 10.9 Å². The molecular weight excluding hydrogens is 352 g/mol. The molecule has 26 heavy (non-hydrogen) atoms. The van der Waals surface area contributed by atoms with Crippen molar-refractivity contribution < 1.29 is 18.3 Å². The lowest BCUT2D eigenvalue weighted by atomic mass is 9.96. The van der Waals surface area contributed by atoms with Crippen LogP contribution < -0.4 is 4.72 Å². The van der Waals surface area contributed by atoms with Crippen LogP contribution in [0.25, 0.3) is 10.9 Å². The standard InChI is InChI=1S/C19H18N2O4S/c1-11-7-8-15-14(9-11)18(12(2)21(15)10-17(22)23)19-13-5-3-4-6-16(13)26(24,25)20-19/h3-9,19-20H,10H2,1-2H3,(H,22,23). The number of rotatable bonds is 3. The minimum atomic E-state index is -3.59. The Morgan fingerprint density at radius 3 is 2.65 bits per heavy atom. The van der Waals surface area contributed by atoms with E-state index in [0.29, 0.717) is 5.56 Å². The summed E-state index contributed by atoms with van der Waals surface area (Å²) in [5.74, 6) is -0.940. The second-order valence-electron chi connectivity index (χ2n) is 6.59. The molecule has 2 aromatic carbocycles. The van der Waals surface area contributed by atoms with E-state index in [-0.39, 0.29) is 11.4 Å². The molecule has 0 saturated heterocycles. The number of nitrogens with one attached hydrogen (secondary N) is 1. The fourth-order valence-corrected chi connectivity index (χ4v) is 5.22. The van der Waals surface area contributed by atoms with Gasteiger partial charge in [0, 0.05) is 22.2 Å². The Kier molecular flexibility index (Phi) is 3.68. The number of aromatic nitrogens is 1. The van der Waals surface area contributed by atoms with Crippen molar-refractivity contribution in [3.63, 3.8) is 0 Å². The first-order chi connectivity index (χ1) is 12.3. The number of carboxylic acids is 1. The zero-order valence-electron chi connectivity index (χ0n) is 14.4. The van der Waals surface area contributed by atoms with Gasteiger partial charge in [-0.15, -0.1) is 0 Å². The van der Waals surface area contributed by atoms with Crippen molar-refractivity contribution in [2.45, 2.75) is 31.3 Å². The second kappa shape index (κ2) is 5.69. The van der Waals surface area contributed by atoms with Crippen LogP contribution in [-0.2, 0) is 21.4 Å². The highest BCUT2D eigenvalue weighted by atomic mass is 32.2. The molecule has 1 aliphatic rings. The summed E-state index contributed by atoms with van der Waals surface area (Å²) >= 11 is 0. The van der Waals surface area contributed by atoms with Gasteiger partial charge in [-0.1, -0.05) is 29.8 Å². The molecule has 3 aromatic rings. The number of hydrogen-bond acceptors (Lipinski definition) is 3. The maximum atomic E-state index is 12.5. The van der Waals surface area contributed by atoms with E-state index in [1.54, 1.807) is 22.8 Å². The predicted molar refractivity (Wildman–Crippen MR) is 97.7 cm³/mol. The Hall–Kier alpha value is -2.64. The molecular formula is C19H18N2O4S. The largest absolute Gasteiger partial charge is 0.480 e. The highest BCUT2D eigenvalue weighted by molar-refractivity contribution is 7.89. The van der Waals surface area contributed by atoms with E-state index in [0.717, 1.165) is 27.7 Å². The van der Waals surface area contributed by atoms with Crippen molar-refractivity contribution in [2.24, 2.45) is 0 Å². The average Bonchev–Trinajstić information content (AvgIpc) is 2.99. The van der Waals surface area contributed by atoms with Crippen LogP contribution in [0.4, 0.5) is 0 Å². The Morgan fingerprint density at radius 2 is 1.92 bits per heavy atom. The zero-order valence-corrected chi connectivity index (χ0v) is 15.2. The fourth-order valence-electron chi connectivity index (χ4n) is 3.79. The lowest BCUT2D eigenvalue weighted by molar-refractivity contribution is -0.137. The molecule has 1 atom stereocenters. The van der Waals surface area contributed by atoms with E-state index in [1.165, 1.54) is 0 Å². The zero-order chi connectivity index (χ0) is 18.6. The highest BCUT2D eigenvalue weighted by Crippen LogP contribution is 2.40. The Bertz CT molecular complexity index is 1160. The monoisotopic (exact) mass is 370 g/mol. The van der Waals surface area contributed by atoms with E-state index in [4.69, 9.17) is 0 Å². The van der Waals surface area contributed by atoms with Crippen LogP contribution >= 0.6 is 0 Å². The summed E-state index contributed by atoms with van der Waals surface area (Å²) in [6.07, 6.45) is 0. The first-order valence-electron chi connectivity index (χ1n) is 8.22. The minimum Gasteiger partial charge on any atom is -0.480 e. The topological polar surface area (TPSA) is 88.4 Å². The molecule has 0 aliphatic carbocycles. The number of benzene rings is 2. The van der Waals surface area contributed by atoms with Crippen LogP contribution in [0.5, 0.6) is 0 Å². The molecule has 1 aromatic heterocycles. The average molecular weight is 370 g/mol. The van der Waals surface area contributed by atoms with E-state index in [1.807, 2.05) is 38.1 Å². The molecule has 1 aliphatic heterocycles. The Labute approximate surface area is 151 Å². The van der Waals surface area contributed by atoms with Crippen molar-refractivity contribution in [1.29, 1.82) is 0 Å². The number of aryl methyl sites for hydroxylation is 1. The van der Waals surface area contributed by atoms with Crippen LogP contribution in [0.3, 0.4) is 0 Å². The Balaban J connectivity index is 2.03. The molecule has 0 radical (unpaired) electrons. The number of sulfonamides is 1. The normalized spacial score (nSPS) is 18.2. The molecule has 7 heteroatoms. The third-order valence-corrected chi connectivity index (χ3v) is 6.40. The smallest absolute Gasteiger partial charge is 0.323 e. The van der Waals surface area contributed by atoms with Gasteiger partial charge in [-0.25, -0.2) is 8.42 Å². The Morgan fingerprint density at radius 1 is 1.19 bits per heavy atom. The van der Waals surface area contributed by atoms with Crippen molar-refractivity contribution in [1.82, 2.24) is 9.29 Å². The third kappa shape index (κ3) is 2.43. The molecule has 0 bridgehead atoms. The van der Waals surface area contributed by atoms with Crippen molar-refractivity contribution in [2.75, 3.05) is 0 Å². The molecule has 0 fully saturated rings. The van der Waals surface area contributed by atoms with Gasteiger partial charge in [-0.05, 0) is 37.6 Å². The van der Waals surface area contributed by atoms with Crippen LogP contribution in [0.15, 0.2) is 47.4 Å². The van der Waals surface area contributed by atoms with Crippen LogP contribution in [0.1, 0.15) is 28.4 Å². The fraction of sp³-hybridized carbons (Fsp3) is 0.211. The van der Waals surface area contributed by atoms with Crippen LogP contribution in [-0.4, -0.2) is 24.1 Å². The summed E-state index contributed by atoms with van der Waals surface area (Å²) < 4.78 is 29.5. The number of fused-ring (bicyclic) bond motifs is 2. The van der Waals surface area contributed by atoms with E-state index >= 15 is 0 Å². The van der Waals surface area contributed by atoms with Gasteiger partial charge in [-0.2, -0.15) is 4.72 Å². The molecule has 0 spiro atoms. The van der Waals surface area contributed by atoms with Crippen LogP contribution in [0, 0.1) is 13.8 Å². The van der Waals surface area contributed by atoms with Crippen molar-refractivity contribution >= 4 is 26.9 Å². The lowest BCUT2D eigenvalue weighted by Gasteiger charge is -2.13. The number of carbonyl (C=O) groups is 1. The van der Waals surface area contributed by atoms with Gasteiger partial charge < -0.3 is 9.67 Å². The summed E-state index contributed by atoms with van der Waals surface area (Å²) in [6, 6.07) is 12.2. The molecule has 4 rings (SSSR count). The van der Waals surface area contributed by atoms with E-state index < -0.39 is 22.0 Å². The van der Waals surface area contributed by atoms with Crippen LogP contribution in [0.2, 0.25) is 0 Å². The van der Waals surface area contributed by atoms with Gasteiger partial charge in [0.2, 0.25) is 10.0 Å². The number of aliphatic carboxylic acids is 1. The molecule has 6 nitrogen and oxygen atoms in total.